The second-order valence-electron chi connectivity index (χ2n) is 12.4. The van der Waals surface area contributed by atoms with Gasteiger partial charge in [0, 0.05) is 0 Å². The normalized spacial score (nSPS) is 13.4. The van der Waals surface area contributed by atoms with Crippen LogP contribution in [-0.4, -0.2) is 80.8 Å². The molecule has 0 aromatic carbocycles. The van der Waals surface area contributed by atoms with Gasteiger partial charge in [0.05, 0.1) is 24.0 Å². The van der Waals surface area contributed by atoms with Crippen LogP contribution in [0.5, 0.6) is 0 Å². The van der Waals surface area contributed by atoms with Crippen molar-refractivity contribution in [3.63, 3.8) is 0 Å². The number of carbonyl (C=O) groups excluding carboxylic acids is 4. The number of hydrogen-bond acceptors (Lipinski definition) is 9. The standard InChI is InChI=1S/C28H46Br4O9/c1-11-27(15-38-19(33)23(3,4)29,16-39-20(34)24(5,6)30)13-37-14-28(12-2,17-40-21(35)25(7,8)31)18-41-22(36)26(9,10)32/h11-18H2,1-10H3. The van der Waals surface area contributed by atoms with Crippen molar-refractivity contribution in [1.82, 2.24) is 0 Å². The summed E-state index contributed by atoms with van der Waals surface area (Å²) in [5, 5.41) is 0. The summed E-state index contributed by atoms with van der Waals surface area (Å²) in [5.41, 5.74) is -1.74. The van der Waals surface area contributed by atoms with Gasteiger partial charge in [-0.05, 0) is 68.2 Å². The van der Waals surface area contributed by atoms with E-state index in [1.165, 1.54) is 0 Å². The van der Waals surface area contributed by atoms with Crippen LogP contribution in [0, 0.1) is 10.8 Å². The van der Waals surface area contributed by atoms with Crippen LogP contribution in [0.25, 0.3) is 0 Å². The van der Waals surface area contributed by atoms with Crippen molar-refractivity contribution < 1.29 is 42.9 Å². The summed E-state index contributed by atoms with van der Waals surface area (Å²) < 4.78 is 25.0. The lowest BCUT2D eigenvalue weighted by Crippen LogP contribution is -2.45. The molecule has 0 aromatic heterocycles. The molecule has 13 heteroatoms. The maximum atomic E-state index is 12.5. The van der Waals surface area contributed by atoms with E-state index in [0.717, 1.165) is 0 Å². The summed E-state index contributed by atoms with van der Waals surface area (Å²) in [6, 6.07) is 0. The van der Waals surface area contributed by atoms with Crippen LogP contribution in [0.1, 0.15) is 82.1 Å². The average molecular weight is 846 g/mol. The Bertz CT molecular complexity index is 762. The van der Waals surface area contributed by atoms with Gasteiger partial charge in [-0.1, -0.05) is 77.6 Å². The van der Waals surface area contributed by atoms with E-state index in [4.69, 9.17) is 23.7 Å². The van der Waals surface area contributed by atoms with E-state index >= 15 is 0 Å². The molecule has 0 spiro atoms. The van der Waals surface area contributed by atoms with Gasteiger partial charge in [0.15, 0.2) is 0 Å². The molecule has 0 aliphatic carbocycles. The maximum Gasteiger partial charge on any atom is 0.322 e. The Kier molecular flexibility index (Phi) is 16.1. The first kappa shape index (κ1) is 40.8. The molecule has 240 valence electrons. The number of carbonyl (C=O) groups is 4. The van der Waals surface area contributed by atoms with E-state index in [0.29, 0.717) is 12.8 Å². The fourth-order valence-electron chi connectivity index (χ4n) is 2.91. The van der Waals surface area contributed by atoms with Crippen LogP contribution in [0.4, 0.5) is 0 Å². The highest BCUT2D eigenvalue weighted by molar-refractivity contribution is 9.10. The quantitative estimate of drug-likeness (QED) is 0.0849. The largest absolute Gasteiger partial charge is 0.464 e. The van der Waals surface area contributed by atoms with Gasteiger partial charge < -0.3 is 23.7 Å². The van der Waals surface area contributed by atoms with Crippen molar-refractivity contribution in [2.24, 2.45) is 10.8 Å². The van der Waals surface area contributed by atoms with Crippen LogP contribution < -0.4 is 0 Å². The zero-order chi connectivity index (χ0) is 32.5. The Hall–Kier alpha value is -0.240. The lowest BCUT2D eigenvalue weighted by molar-refractivity contribution is -0.165. The highest BCUT2D eigenvalue weighted by Crippen LogP contribution is 2.32. The highest BCUT2D eigenvalue weighted by atomic mass is 79.9. The molecular weight excluding hydrogens is 800 g/mol. The minimum absolute atomic E-state index is 0.0486. The lowest BCUT2D eigenvalue weighted by Gasteiger charge is -2.36. The average Bonchev–Trinajstić information content (AvgIpc) is 2.83. The number of esters is 4. The Labute approximate surface area is 278 Å². The van der Waals surface area contributed by atoms with Crippen molar-refractivity contribution in [3.05, 3.63) is 0 Å². The molecule has 0 saturated carbocycles. The van der Waals surface area contributed by atoms with Crippen LogP contribution in [0.3, 0.4) is 0 Å². The molecule has 0 aromatic rings. The lowest BCUT2D eigenvalue weighted by atomic mass is 9.86. The van der Waals surface area contributed by atoms with Gasteiger partial charge in [-0.2, -0.15) is 0 Å². The molecule has 0 amide bonds. The highest BCUT2D eigenvalue weighted by Gasteiger charge is 2.40. The molecule has 9 nitrogen and oxygen atoms in total. The summed E-state index contributed by atoms with van der Waals surface area (Å²) in [6.45, 7) is 17.0. The predicted octanol–water partition coefficient (Wildman–Crippen LogP) is 6.66. The molecule has 0 aliphatic heterocycles. The number of halogens is 4. The van der Waals surface area contributed by atoms with Gasteiger partial charge in [-0.25, -0.2) is 0 Å². The van der Waals surface area contributed by atoms with Crippen LogP contribution >= 0.6 is 63.7 Å². The van der Waals surface area contributed by atoms with Crippen molar-refractivity contribution in [3.8, 4) is 0 Å². The summed E-state index contributed by atoms with van der Waals surface area (Å²) in [4.78, 5) is 50.1. The first-order chi connectivity index (χ1) is 18.3. The van der Waals surface area contributed by atoms with E-state index < -0.39 is 52.0 Å². The van der Waals surface area contributed by atoms with Crippen molar-refractivity contribution >= 4 is 87.6 Å². The van der Waals surface area contributed by atoms with E-state index in [-0.39, 0.29) is 39.6 Å². The molecule has 0 unspecified atom stereocenters. The Morgan fingerprint density at radius 2 is 0.634 bits per heavy atom. The summed E-state index contributed by atoms with van der Waals surface area (Å²) in [5.74, 6) is -1.89. The van der Waals surface area contributed by atoms with Crippen LogP contribution in [-0.2, 0) is 42.9 Å². The van der Waals surface area contributed by atoms with Gasteiger partial charge in [0.2, 0.25) is 0 Å². The van der Waals surface area contributed by atoms with Crippen LogP contribution in [0.15, 0.2) is 0 Å². The molecule has 0 fully saturated rings. The van der Waals surface area contributed by atoms with Gasteiger partial charge in [0.25, 0.3) is 0 Å². The van der Waals surface area contributed by atoms with E-state index in [1.807, 2.05) is 13.8 Å². The third kappa shape index (κ3) is 14.9. The summed E-state index contributed by atoms with van der Waals surface area (Å²) in [6.07, 6.45) is 0.912. The molecule has 41 heavy (non-hydrogen) atoms. The van der Waals surface area contributed by atoms with E-state index in [9.17, 15) is 19.2 Å². The molecule has 0 N–H and O–H groups in total. The Balaban J connectivity index is 6.00. The minimum atomic E-state index is -0.903. The molecule has 0 bridgehead atoms. The molecule has 0 radical (unpaired) electrons. The molecule has 0 atom stereocenters. The number of ether oxygens (including phenoxy) is 5. The molecule has 0 saturated heterocycles. The minimum Gasteiger partial charge on any atom is -0.464 e. The van der Waals surface area contributed by atoms with Gasteiger partial charge in [0.1, 0.15) is 43.7 Å². The topological polar surface area (TPSA) is 114 Å². The Morgan fingerprint density at radius 1 is 0.439 bits per heavy atom. The zero-order valence-corrected chi connectivity index (χ0v) is 32.2. The zero-order valence-electron chi connectivity index (χ0n) is 25.8. The van der Waals surface area contributed by atoms with E-state index in [1.54, 1.807) is 55.4 Å². The SMILES string of the molecule is CCC(COCC(CC)(COC(=O)C(C)(C)Br)COC(=O)C(C)(C)Br)(COC(=O)C(C)(C)Br)COC(=O)C(C)(C)Br. The fourth-order valence-corrected chi connectivity index (χ4v) is 3.37. The maximum absolute atomic E-state index is 12.5. The van der Waals surface area contributed by atoms with E-state index in [2.05, 4.69) is 63.7 Å². The van der Waals surface area contributed by atoms with Crippen molar-refractivity contribution in [1.29, 1.82) is 0 Å². The van der Waals surface area contributed by atoms with Crippen LogP contribution in [0.2, 0.25) is 0 Å². The molecule has 0 aliphatic rings. The first-order valence-electron chi connectivity index (χ1n) is 13.4. The smallest absolute Gasteiger partial charge is 0.322 e. The van der Waals surface area contributed by atoms with Crippen molar-refractivity contribution in [2.45, 2.75) is 99.4 Å². The molecule has 0 rings (SSSR count). The summed E-state index contributed by atoms with van der Waals surface area (Å²) >= 11 is 13.2. The monoisotopic (exact) mass is 842 g/mol. The second-order valence-corrected chi connectivity index (χ2v) is 20.3. The summed E-state index contributed by atoms with van der Waals surface area (Å²) in [7, 11) is 0. The Morgan fingerprint density at radius 3 is 0.780 bits per heavy atom. The molecular formula is C28H46Br4O9. The predicted molar refractivity (Wildman–Crippen MR) is 172 cm³/mol. The number of hydrogen-bond donors (Lipinski definition) is 0. The molecule has 0 heterocycles. The third-order valence-corrected chi connectivity index (χ3v) is 7.59. The van der Waals surface area contributed by atoms with Gasteiger partial charge in [-0.15, -0.1) is 0 Å². The van der Waals surface area contributed by atoms with Crippen molar-refractivity contribution in [2.75, 3.05) is 39.6 Å². The second kappa shape index (κ2) is 16.2. The fraction of sp³-hybridized carbons (Fsp3) is 0.857. The van der Waals surface area contributed by atoms with Gasteiger partial charge >= 0.3 is 23.9 Å². The first-order valence-corrected chi connectivity index (χ1v) is 16.5. The number of alkyl halides is 4. The third-order valence-electron chi connectivity index (χ3n) is 6.30. The van der Waals surface area contributed by atoms with Gasteiger partial charge in [-0.3, -0.25) is 19.2 Å². The number of rotatable bonds is 18.